The van der Waals surface area contributed by atoms with Gasteiger partial charge in [-0.25, -0.2) is 8.42 Å². The van der Waals surface area contributed by atoms with Gasteiger partial charge < -0.3 is 4.74 Å². The molecule has 9 nitrogen and oxygen atoms in total. The molecule has 1 N–H and O–H groups in total. The van der Waals surface area contributed by atoms with Crippen molar-refractivity contribution in [2.24, 2.45) is 5.10 Å². The summed E-state index contributed by atoms with van der Waals surface area (Å²) >= 11 is 12.2. The maximum Gasteiger partial charge on any atom is 0.270 e. The molecular formula is C17H16Cl2N4O5S. The number of benzene rings is 2. The summed E-state index contributed by atoms with van der Waals surface area (Å²) in [6.45, 7) is 0.812. The number of anilines is 1. The second kappa shape index (κ2) is 9.06. The molecule has 0 spiro atoms. The average molecular weight is 459 g/mol. The summed E-state index contributed by atoms with van der Waals surface area (Å²) in [5.74, 6) is 0. The fraction of sp³-hybridized carbons (Fsp3) is 0.235. The number of halogens is 2. The number of nitrogens with one attached hydrogen (secondary N) is 1. The highest BCUT2D eigenvalue weighted by atomic mass is 35.5. The predicted molar refractivity (Wildman–Crippen MR) is 110 cm³/mol. The molecular weight excluding hydrogens is 443 g/mol. The quantitative estimate of drug-likeness (QED) is 0.403. The molecule has 0 aromatic heterocycles. The third-order valence-electron chi connectivity index (χ3n) is 4.14. The minimum absolute atomic E-state index is 0.0847. The van der Waals surface area contributed by atoms with E-state index in [2.05, 4.69) is 10.5 Å². The molecule has 0 atom stereocenters. The number of hydrazone groups is 1. The van der Waals surface area contributed by atoms with Crippen molar-refractivity contribution in [3.05, 3.63) is 62.1 Å². The van der Waals surface area contributed by atoms with Gasteiger partial charge in [-0.2, -0.15) is 9.41 Å². The Kier molecular flexibility index (Phi) is 6.70. The molecule has 1 fully saturated rings. The minimum atomic E-state index is -4.00. The molecule has 29 heavy (non-hydrogen) atoms. The Bertz CT molecular complexity index is 1040. The smallest absolute Gasteiger partial charge is 0.270 e. The standard InChI is InChI=1S/C17H16Cl2N4O5S/c18-14-2-1-3-15(19)13(14)11-20-21-16-5-4-12(23(24)25)10-17(16)29(26,27)22-6-8-28-9-7-22/h1-5,10-11,21H,6-9H2. The van der Waals surface area contributed by atoms with Gasteiger partial charge in [-0.3, -0.25) is 15.5 Å². The van der Waals surface area contributed by atoms with Crippen LogP contribution in [0.5, 0.6) is 0 Å². The van der Waals surface area contributed by atoms with Crippen LogP contribution in [0.4, 0.5) is 11.4 Å². The maximum absolute atomic E-state index is 13.0. The Morgan fingerprint density at radius 1 is 1.17 bits per heavy atom. The molecule has 0 unspecified atom stereocenters. The number of hydrogen-bond acceptors (Lipinski definition) is 7. The van der Waals surface area contributed by atoms with Crippen LogP contribution >= 0.6 is 23.2 Å². The number of nitro benzene ring substituents is 1. The van der Waals surface area contributed by atoms with Gasteiger partial charge in [-0.1, -0.05) is 29.3 Å². The van der Waals surface area contributed by atoms with Gasteiger partial charge in [0.15, 0.2) is 0 Å². The lowest BCUT2D eigenvalue weighted by atomic mass is 10.2. The summed E-state index contributed by atoms with van der Waals surface area (Å²) in [6.07, 6.45) is 1.34. The molecule has 3 rings (SSSR count). The molecule has 0 bridgehead atoms. The molecule has 0 saturated carbocycles. The Morgan fingerprint density at radius 2 is 1.83 bits per heavy atom. The summed E-state index contributed by atoms with van der Waals surface area (Å²) in [7, 11) is -4.00. The normalized spacial score (nSPS) is 15.5. The number of sulfonamides is 1. The van der Waals surface area contributed by atoms with E-state index in [0.29, 0.717) is 15.6 Å². The van der Waals surface area contributed by atoms with Crippen molar-refractivity contribution in [3.8, 4) is 0 Å². The summed E-state index contributed by atoms with van der Waals surface area (Å²) in [5.41, 5.74) is 2.81. The van der Waals surface area contributed by atoms with E-state index in [1.807, 2.05) is 0 Å². The van der Waals surface area contributed by atoms with E-state index in [-0.39, 0.29) is 42.6 Å². The SMILES string of the molecule is O=[N+]([O-])c1ccc(NN=Cc2c(Cl)cccc2Cl)c(S(=O)(=O)N2CCOCC2)c1. The first-order valence-corrected chi connectivity index (χ1v) is 10.6. The summed E-state index contributed by atoms with van der Waals surface area (Å²) in [6, 6.07) is 8.43. The fourth-order valence-corrected chi connectivity index (χ4v) is 4.72. The highest BCUT2D eigenvalue weighted by Gasteiger charge is 2.30. The average Bonchev–Trinajstić information content (AvgIpc) is 2.70. The third kappa shape index (κ3) is 4.85. The highest BCUT2D eigenvalue weighted by Crippen LogP contribution is 2.30. The fourth-order valence-electron chi connectivity index (χ4n) is 2.66. The Labute approximate surface area is 177 Å². The molecule has 2 aromatic carbocycles. The molecule has 1 aliphatic rings. The van der Waals surface area contributed by atoms with Gasteiger partial charge in [0.1, 0.15) is 4.90 Å². The number of hydrogen-bond donors (Lipinski definition) is 1. The van der Waals surface area contributed by atoms with Crippen LogP contribution < -0.4 is 5.43 Å². The lowest BCUT2D eigenvalue weighted by Crippen LogP contribution is -2.40. The van der Waals surface area contributed by atoms with E-state index in [9.17, 15) is 18.5 Å². The van der Waals surface area contributed by atoms with E-state index in [1.165, 1.54) is 22.7 Å². The van der Waals surface area contributed by atoms with Crippen LogP contribution in [0.15, 0.2) is 46.4 Å². The van der Waals surface area contributed by atoms with Gasteiger partial charge in [0.25, 0.3) is 5.69 Å². The Hall–Kier alpha value is -2.24. The number of ether oxygens (including phenoxy) is 1. The van der Waals surface area contributed by atoms with Crippen LogP contribution in [0.2, 0.25) is 10.0 Å². The van der Waals surface area contributed by atoms with Gasteiger partial charge in [0.05, 0.1) is 40.1 Å². The number of non-ortho nitro benzene ring substituents is 1. The first-order chi connectivity index (χ1) is 13.8. The lowest BCUT2D eigenvalue weighted by Gasteiger charge is -2.26. The van der Waals surface area contributed by atoms with Crippen molar-refractivity contribution in [1.82, 2.24) is 4.31 Å². The van der Waals surface area contributed by atoms with E-state index < -0.39 is 14.9 Å². The third-order valence-corrected chi connectivity index (χ3v) is 6.74. The second-order valence-electron chi connectivity index (χ2n) is 5.96. The van der Waals surface area contributed by atoms with Crippen molar-refractivity contribution < 1.29 is 18.1 Å². The Balaban J connectivity index is 1.96. The topological polar surface area (TPSA) is 114 Å². The zero-order valence-electron chi connectivity index (χ0n) is 14.9. The minimum Gasteiger partial charge on any atom is -0.379 e. The number of nitro groups is 1. The zero-order valence-corrected chi connectivity index (χ0v) is 17.2. The number of morpholine rings is 1. The first kappa shape index (κ1) is 21.5. The molecule has 0 aliphatic carbocycles. The molecule has 154 valence electrons. The van der Waals surface area contributed by atoms with Crippen LogP contribution in [-0.2, 0) is 14.8 Å². The molecule has 1 saturated heterocycles. The van der Waals surface area contributed by atoms with Crippen molar-refractivity contribution in [2.45, 2.75) is 4.90 Å². The van der Waals surface area contributed by atoms with Crippen molar-refractivity contribution in [3.63, 3.8) is 0 Å². The van der Waals surface area contributed by atoms with Gasteiger partial charge in [0.2, 0.25) is 10.0 Å². The monoisotopic (exact) mass is 458 g/mol. The van der Waals surface area contributed by atoms with E-state index in [4.69, 9.17) is 27.9 Å². The van der Waals surface area contributed by atoms with Crippen LogP contribution in [0.1, 0.15) is 5.56 Å². The van der Waals surface area contributed by atoms with Crippen LogP contribution in [0.25, 0.3) is 0 Å². The van der Waals surface area contributed by atoms with Crippen LogP contribution in [0.3, 0.4) is 0 Å². The van der Waals surface area contributed by atoms with Gasteiger partial charge in [-0.05, 0) is 18.2 Å². The first-order valence-electron chi connectivity index (χ1n) is 8.40. The van der Waals surface area contributed by atoms with Crippen molar-refractivity contribution >= 4 is 50.8 Å². The van der Waals surface area contributed by atoms with Gasteiger partial charge in [0, 0.05) is 30.8 Å². The van der Waals surface area contributed by atoms with Gasteiger partial charge >= 0.3 is 0 Å². The molecule has 2 aromatic rings. The molecule has 0 radical (unpaired) electrons. The van der Waals surface area contributed by atoms with Crippen molar-refractivity contribution in [2.75, 3.05) is 31.7 Å². The maximum atomic E-state index is 13.0. The van der Waals surface area contributed by atoms with Crippen LogP contribution in [0, 0.1) is 10.1 Å². The molecule has 12 heteroatoms. The van der Waals surface area contributed by atoms with Gasteiger partial charge in [-0.15, -0.1) is 0 Å². The number of nitrogens with zero attached hydrogens (tertiary/aromatic N) is 3. The van der Waals surface area contributed by atoms with Crippen molar-refractivity contribution in [1.29, 1.82) is 0 Å². The zero-order chi connectivity index (χ0) is 21.0. The summed E-state index contributed by atoms with van der Waals surface area (Å²) in [4.78, 5) is 10.2. The Morgan fingerprint density at radius 3 is 2.45 bits per heavy atom. The largest absolute Gasteiger partial charge is 0.379 e. The summed E-state index contributed by atoms with van der Waals surface area (Å²) < 4.78 is 32.5. The summed E-state index contributed by atoms with van der Waals surface area (Å²) in [5, 5.41) is 15.9. The van der Waals surface area contributed by atoms with E-state index in [1.54, 1.807) is 18.2 Å². The molecule has 1 aliphatic heterocycles. The van der Waals surface area contributed by atoms with E-state index in [0.717, 1.165) is 6.07 Å². The molecule has 0 amide bonds. The highest BCUT2D eigenvalue weighted by molar-refractivity contribution is 7.89. The molecule has 1 heterocycles. The number of rotatable bonds is 6. The van der Waals surface area contributed by atoms with E-state index >= 15 is 0 Å². The predicted octanol–water partition coefficient (Wildman–Crippen LogP) is 3.37. The van der Waals surface area contributed by atoms with Crippen LogP contribution in [-0.4, -0.2) is 50.2 Å². The second-order valence-corrected chi connectivity index (χ2v) is 8.68. The lowest BCUT2D eigenvalue weighted by molar-refractivity contribution is -0.385.